The molecule has 1 aromatic heterocycles. The lowest BCUT2D eigenvalue weighted by atomic mass is 9.85. The van der Waals surface area contributed by atoms with Crippen molar-refractivity contribution in [3.05, 3.63) is 16.1 Å². The Kier molecular flexibility index (Phi) is 4.52. The van der Waals surface area contributed by atoms with Crippen LogP contribution in [0.15, 0.2) is 5.38 Å². The third-order valence-electron chi connectivity index (χ3n) is 3.28. The van der Waals surface area contributed by atoms with Crippen molar-refractivity contribution >= 4 is 23.2 Å². The van der Waals surface area contributed by atoms with Crippen molar-refractivity contribution in [2.75, 3.05) is 20.2 Å². The van der Waals surface area contributed by atoms with Gasteiger partial charge in [0.25, 0.3) is 5.91 Å². The van der Waals surface area contributed by atoms with Crippen LogP contribution in [-0.2, 0) is 4.74 Å². The minimum Gasteiger partial charge on any atom is -0.461 e. The average Bonchev–Trinajstić information content (AvgIpc) is 2.82. The van der Waals surface area contributed by atoms with E-state index in [1.165, 1.54) is 19.3 Å². The average molecular weight is 282 g/mol. The van der Waals surface area contributed by atoms with Crippen LogP contribution in [0, 0.1) is 5.92 Å². The summed E-state index contributed by atoms with van der Waals surface area (Å²) in [5.74, 6) is 0.0315. The number of rotatable bonds is 5. The predicted molar refractivity (Wildman–Crippen MR) is 72.4 cm³/mol. The molecule has 1 aliphatic carbocycles. The highest BCUT2D eigenvalue weighted by Crippen LogP contribution is 2.27. The van der Waals surface area contributed by atoms with Crippen LogP contribution in [0.2, 0.25) is 0 Å². The first kappa shape index (κ1) is 14.0. The zero-order chi connectivity index (χ0) is 13.8. The van der Waals surface area contributed by atoms with Crippen molar-refractivity contribution in [2.24, 2.45) is 5.92 Å². The van der Waals surface area contributed by atoms with Gasteiger partial charge in [-0.25, -0.2) is 9.78 Å². The zero-order valence-electron chi connectivity index (χ0n) is 11.2. The predicted octanol–water partition coefficient (Wildman–Crippen LogP) is 2.19. The van der Waals surface area contributed by atoms with Gasteiger partial charge >= 0.3 is 5.97 Å². The van der Waals surface area contributed by atoms with Gasteiger partial charge in [0.05, 0.1) is 6.61 Å². The third kappa shape index (κ3) is 3.32. The van der Waals surface area contributed by atoms with E-state index in [0.29, 0.717) is 18.2 Å². The van der Waals surface area contributed by atoms with Crippen LogP contribution in [0.1, 0.15) is 46.5 Å². The fourth-order valence-corrected chi connectivity index (χ4v) is 2.68. The Morgan fingerprint density at radius 1 is 1.53 bits per heavy atom. The first-order valence-corrected chi connectivity index (χ1v) is 7.38. The van der Waals surface area contributed by atoms with Crippen LogP contribution in [0.3, 0.4) is 0 Å². The van der Waals surface area contributed by atoms with E-state index in [1.54, 1.807) is 24.3 Å². The molecule has 2 rings (SSSR count). The molecule has 1 aliphatic rings. The quantitative estimate of drug-likeness (QED) is 0.777. The highest BCUT2D eigenvalue weighted by Gasteiger charge is 2.24. The number of nitrogens with zero attached hydrogens (tertiary/aromatic N) is 2. The molecular weight excluding hydrogens is 264 g/mol. The van der Waals surface area contributed by atoms with E-state index in [9.17, 15) is 9.59 Å². The lowest BCUT2D eigenvalue weighted by molar-refractivity contribution is 0.0526. The number of carbonyl (C=O) groups excluding carboxylic acids is 2. The molecule has 19 heavy (non-hydrogen) atoms. The van der Waals surface area contributed by atoms with Crippen LogP contribution < -0.4 is 0 Å². The number of carbonyl (C=O) groups is 2. The second-order valence-corrected chi connectivity index (χ2v) is 5.60. The van der Waals surface area contributed by atoms with Gasteiger partial charge in [-0.3, -0.25) is 4.79 Å². The van der Waals surface area contributed by atoms with E-state index < -0.39 is 5.97 Å². The fourth-order valence-electron chi connectivity index (χ4n) is 2.00. The van der Waals surface area contributed by atoms with Gasteiger partial charge in [0, 0.05) is 19.0 Å². The summed E-state index contributed by atoms with van der Waals surface area (Å²) in [6.45, 7) is 2.82. The maximum absolute atomic E-state index is 12.1. The SMILES string of the molecule is CCOC(=O)c1nc(C(=O)N(C)CC2CCC2)cs1. The summed E-state index contributed by atoms with van der Waals surface area (Å²) in [5, 5.41) is 1.86. The van der Waals surface area contributed by atoms with E-state index in [-0.39, 0.29) is 10.9 Å². The molecule has 0 unspecified atom stereocenters. The summed E-state index contributed by atoms with van der Waals surface area (Å²) in [7, 11) is 1.78. The van der Waals surface area contributed by atoms with Gasteiger partial charge in [-0.2, -0.15) is 0 Å². The van der Waals surface area contributed by atoms with Gasteiger partial charge in [0.15, 0.2) is 0 Å². The minimum atomic E-state index is -0.465. The maximum atomic E-state index is 12.1. The maximum Gasteiger partial charge on any atom is 0.367 e. The lowest BCUT2D eigenvalue weighted by Gasteiger charge is -2.29. The Labute approximate surface area is 116 Å². The first-order valence-electron chi connectivity index (χ1n) is 6.50. The Balaban J connectivity index is 1.96. The van der Waals surface area contributed by atoms with Gasteiger partial charge in [-0.15, -0.1) is 11.3 Å². The smallest absolute Gasteiger partial charge is 0.367 e. The van der Waals surface area contributed by atoms with Crippen LogP contribution in [0.5, 0.6) is 0 Å². The molecule has 6 heteroatoms. The monoisotopic (exact) mass is 282 g/mol. The summed E-state index contributed by atoms with van der Waals surface area (Å²) in [5.41, 5.74) is 0.329. The third-order valence-corrected chi connectivity index (χ3v) is 4.10. The molecule has 1 heterocycles. The van der Waals surface area contributed by atoms with E-state index in [1.807, 2.05) is 0 Å². The van der Waals surface area contributed by atoms with E-state index in [4.69, 9.17) is 4.74 Å². The van der Waals surface area contributed by atoms with E-state index in [2.05, 4.69) is 4.98 Å². The Hall–Kier alpha value is -1.43. The Morgan fingerprint density at radius 2 is 2.26 bits per heavy atom. The topological polar surface area (TPSA) is 59.5 Å². The number of amides is 1. The molecule has 0 saturated heterocycles. The first-order chi connectivity index (χ1) is 9.11. The molecule has 0 spiro atoms. The number of aromatic nitrogens is 1. The number of hydrogen-bond donors (Lipinski definition) is 0. The van der Waals surface area contributed by atoms with Crippen molar-refractivity contribution in [1.82, 2.24) is 9.88 Å². The van der Waals surface area contributed by atoms with Crippen LogP contribution in [0.25, 0.3) is 0 Å². The molecule has 1 fully saturated rings. The highest BCUT2D eigenvalue weighted by molar-refractivity contribution is 7.11. The van der Waals surface area contributed by atoms with E-state index in [0.717, 1.165) is 17.9 Å². The molecule has 1 aromatic rings. The molecule has 0 atom stereocenters. The molecule has 0 aliphatic heterocycles. The largest absolute Gasteiger partial charge is 0.461 e. The normalized spacial score (nSPS) is 14.8. The molecule has 0 N–H and O–H groups in total. The summed E-state index contributed by atoms with van der Waals surface area (Å²) < 4.78 is 4.86. The van der Waals surface area contributed by atoms with Crippen LogP contribution in [0.4, 0.5) is 0 Å². The van der Waals surface area contributed by atoms with Gasteiger partial charge in [0.1, 0.15) is 5.69 Å². The summed E-state index contributed by atoms with van der Waals surface area (Å²) in [6.07, 6.45) is 3.65. The van der Waals surface area contributed by atoms with Crippen molar-refractivity contribution in [3.63, 3.8) is 0 Å². The summed E-state index contributed by atoms with van der Waals surface area (Å²) in [6, 6.07) is 0. The standard InChI is InChI=1S/C13H18N2O3S/c1-3-18-13(17)11-14-10(8-19-11)12(16)15(2)7-9-5-4-6-9/h8-9H,3-7H2,1-2H3. The number of esters is 1. The minimum absolute atomic E-state index is 0.126. The number of hydrogen-bond acceptors (Lipinski definition) is 5. The fraction of sp³-hybridized carbons (Fsp3) is 0.615. The molecule has 1 saturated carbocycles. The van der Waals surface area contributed by atoms with Crippen LogP contribution >= 0.6 is 11.3 Å². The van der Waals surface area contributed by atoms with Crippen molar-refractivity contribution in [3.8, 4) is 0 Å². The number of thiazole rings is 1. The van der Waals surface area contributed by atoms with Crippen LogP contribution in [-0.4, -0.2) is 42.0 Å². The van der Waals surface area contributed by atoms with Gasteiger partial charge < -0.3 is 9.64 Å². The lowest BCUT2D eigenvalue weighted by Crippen LogP contribution is -2.34. The Bertz CT molecular complexity index is 468. The zero-order valence-corrected chi connectivity index (χ0v) is 12.0. The second-order valence-electron chi connectivity index (χ2n) is 4.74. The summed E-state index contributed by atoms with van der Waals surface area (Å²) >= 11 is 1.15. The van der Waals surface area contributed by atoms with Crippen molar-refractivity contribution in [1.29, 1.82) is 0 Å². The summed E-state index contributed by atoms with van der Waals surface area (Å²) in [4.78, 5) is 29.4. The van der Waals surface area contributed by atoms with Crippen molar-refractivity contribution in [2.45, 2.75) is 26.2 Å². The van der Waals surface area contributed by atoms with Crippen molar-refractivity contribution < 1.29 is 14.3 Å². The van der Waals surface area contributed by atoms with E-state index >= 15 is 0 Å². The van der Waals surface area contributed by atoms with Gasteiger partial charge in [-0.05, 0) is 25.7 Å². The number of ether oxygens (including phenoxy) is 1. The molecular formula is C13H18N2O3S. The molecule has 0 bridgehead atoms. The Morgan fingerprint density at radius 3 is 2.84 bits per heavy atom. The molecule has 104 valence electrons. The van der Waals surface area contributed by atoms with Gasteiger partial charge in [-0.1, -0.05) is 6.42 Å². The molecule has 1 amide bonds. The molecule has 5 nitrogen and oxygen atoms in total. The molecule has 0 aromatic carbocycles. The van der Waals surface area contributed by atoms with Gasteiger partial charge in [0.2, 0.25) is 5.01 Å². The highest BCUT2D eigenvalue weighted by atomic mass is 32.1. The molecule has 0 radical (unpaired) electrons. The second kappa shape index (κ2) is 6.14.